The number of carbonyl (C=O) groups is 2. The minimum Gasteiger partial charge on any atom is -0.457 e. The minimum absolute atomic E-state index is 0.0210. The zero-order valence-corrected chi connectivity index (χ0v) is 19.0. The number of nitro groups is 1. The summed E-state index contributed by atoms with van der Waals surface area (Å²) in [5, 5.41) is 16.3. The van der Waals surface area contributed by atoms with Gasteiger partial charge in [-0.1, -0.05) is 18.2 Å². The number of carbonyl (C=O) groups excluding carboxylic acids is 2. The number of amides is 2. The summed E-state index contributed by atoms with van der Waals surface area (Å²) in [5.41, 5.74) is 1.09. The molecular formula is C25H26N4O5. The van der Waals surface area contributed by atoms with Gasteiger partial charge >= 0.3 is 0 Å². The molecule has 3 rings (SSSR count). The van der Waals surface area contributed by atoms with Gasteiger partial charge < -0.3 is 20.0 Å². The van der Waals surface area contributed by atoms with Crippen LogP contribution < -0.4 is 10.6 Å². The lowest BCUT2D eigenvalue weighted by molar-refractivity contribution is -0.384. The lowest BCUT2D eigenvalue weighted by Gasteiger charge is -2.12. The second-order valence-corrected chi connectivity index (χ2v) is 7.80. The first-order valence-corrected chi connectivity index (χ1v) is 10.7. The first-order chi connectivity index (χ1) is 16.3. The Kier molecular flexibility index (Phi) is 8.31. The zero-order chi connectivity index (χ0) is 24.5. The van der Waals surface area contributed by atoms with E-state index in [1.807, 2.05) is 19.0 Å². The van der Waals surface area contributed by atoms with Crippen molar-refractivity contribution in [1.82, 2.24) is 15.5 Å². The van der Waals surface area contributed by atoms with Crippen LogP contribution in [-0.4, -0.2) is 48.8 Å². The molecule has 9 nitrogen and oxygen atoms in total. The summed E-state index contributed by atoms with van der Waals surface area (Å²) in [7, 11) is 3.90. The van der Waals surface area contributed by atoms with Crippen molar-refractivity contribution in [2.24, 2.45) is 0 Å². The Morgan fingerprint density at radius 2 is 1.74 bits per heavy atom. The number of hydrogen-bond acceptors (Lipinski definition) is 6. The molecule has 1 heterocycles. The Hall–Kier alpha value is -4.24. The van der Waals surface area contributed by atoms with Crippen molar-refractivity contribution < 1.29 is 18.9 Å². The molecule has 0 aliphatic heterocycles. The number of furan rings is 1. The van der Waals surface area contributed by atoms with Crippen LogP contribution in [0, 0.1) is 10.1 Å². The van der Waals surface area contributed by atoms with Gasteiger partial charge in [-0.05, 0) is 63.5 Å². The van der Waals surface area contributed by atoms with Gasteiger partial charge in [-0.15, -0.1) is 0 Å². The van der Waals surface area contributed by atoms with Crippen LogP contribution in [0.25, 0.3) is 17.4 Å². The molecule has 3 aromatic rings. The summed E-state index contributed by atoms with van der Waals surface area (Å²) < 4.78 is 5.81. The van der Waals surface area contributed by atoms with E-state index in [0.717, 1.165) is 13.0 Å². The molecule has 0 spiro atoms. The van der Waals surface area contributed by atoms with Crippen LogP contribution >= 0.6 is 0 Å². The van der Waals surface area contributed by atoms with Crippen LogP contribution in [0.1, 0.15) is 22.5 Å². The molecule has 2 N–H and O–H groups in total. The molecule has 176 valence electrons. The third-order valence-electron chi connectivity index (χ3n) is 4.87. The molecule has 0 saturated heterocycles. The Morgan fingerprint density at radius 3 is 2.38 bits per heavy atom. The molecule has 1 aromatic heterocycles. The normalized spacial score (nSPS) is 11.3. The van der Waals surface area contributed by atoms with E-state index in [-0.39, 0.29) is 11.4 Å². The summed E-state index contributed by atoms with van der Waals surface area (Å²) in [6.07, 6.45) is 2.21. The molecule has 0 radical (unpaired) electrons. The van der Waals surface area contributed by atoms with E-state index >= 15 is 0 Å². The van der Waals surface area contributed by atoms with Crippen LogP contribution in [0.3, 0.4) is 0 Å². The molecule has 0 aliphatic rings. The van der Waals surface area contributed by atoms with Crippen molar-refractivity contribution in [2.75, 3.05) is 27.2 Å². The molecule has 0 atom stereocenters. The predicted octanol–water partition coefficient (Wildman–Crippen LogP) is 3.69. The lowest BCUT2D eigenvalue weighted by atomic mass is 10.1. The van der Waals surface area contributed by atoms with Crippen LogP contribution in [0.2, 0.25) is 0 Å². The smallest absolute Gasteiger partial charge is 0.269 e. The Morgan fingerprint density at radius 1 is 1.03 bits per heavy atom. The molecular weight excluding hydrogens is 436 g/mol. The van der Waals surface area contributed by atoms with Crippen molar-refractivity contribution in [2.45, 2.75) is 6.42 Å². The zero-order valence-electron chi connectivity index (χ0n) is 19.0. The maximum atomic E-state index is 12.8. The van der Waals surface area contributed by atoms with Gasteiger partial charge in [-0.2, -0.15) is 0 Å². The molecule has 0 bridgehead atoms. The van der Waals surface area contributed by atoms with E-state index in [9.17, 15) is 19.7 Å². The van der Waals surface area contributed by atoms with Crippen LogP contribution in [0.5, 0.6) is 0 Å². The third kappa shape index (κ3) is 6.88. The van der Waals surface area contributed by atoms with Gasteiger partial charge in [0.1, 0.15) is 17.2 Å². The molecule has 0 fully saturated rings. The first-order valence-electron chi connectivity index (χ1n) is 10.7. The van der Waals surface area contributed by atoms with Crippen molar-refractivity contribution in [3.63, 3.8) is 0 Å². The van der Waals surface area contributed by atoms with Gasteiger partial charge in [-0.3, -0.25) is 19.7 Å². The Bertz CT molecular complexity index is 1170. The second-order valence-electron chi connectivity index (χ2n) is 7.80. The first kappa shape index (κ1) is 24.4. The van der Waals surface area contributed by atoms with E-state index in [1.165, 1.54) is 18.2 Å². The monoisotopic (exact) mass is 462 g/mol. The van der Waals surface area contributed by atoms with Crippen LogP contribution in [0.15, 0.2) is 76.8 Å². The fourth-order valence-electron chi connectivity index (χ4n) is 3.11. The minimum atomic E-state index is -0.473. The fourth-order valence-corrected chi connectivity index (χ4v) is 3.11. The average molecular weight is 463 g/mol. The van der Waals surface area contributed by atoms with Gasteiger partial charge in [0.2, 0.25) is 0 Å². The number of non-ortho nitro benzene ring substituents is 1. The molecule has 9 heteroatoms. The maximum absolute atomic E-state index is 12.8. The van der Waals surface area contributed by atoms with Gasteiger partial charge in [-0.25, -0.2) is 0 Å². The van der Waals surface area contributed by atoms with Crippen molar-refractivity contribution in [1.29, 1.82) is 0 Å². The quantitative estimate of drug-likeness (QED) is 0.205. The number of nitrogens with zero attached hydrogens (tertiary/aromatic N) is 2. The summed E-state index contributed by atoms with van der Waals surface area (Å²) in [5.74, 6) is -0.0322. The summed E-state index contributed by atoms with van der Waals surface area (Å²) in [6, 6.07) is 17.9. The highest BCUT2D eigenvalue weighted by Crippen LogP contribution is 2.25. The number of rotatable bonds is 10. The molecule has 34 heavy (non-hydrogen) atoms. The van der Waals surface area contributed by atoms with E-state index in [1.54, 1.807) is 54.6 Å². The SMILES string of the molecule is CN(C)CCCNC(=O)/C(=C/c1ccc(-c2ccc([N+](=O)[O-])cc2)o1)NC(=O)c1ccccc1. The molecule has 0 aliphatic carbocycles. The van der Waals surface area contributed by atoms with E-state index in [4.69, 9.17) is 4.42 Å². The third-order valence-corrected chi connectivity index (χ3v) is 4.87. The van der Waals surface area contributed by atoms with Crippen molar-refractivity contribution in [3.8, 4) is 11.3 Å². The van der Waals surface area contributed by atoms with Crippen LogP contribution in [0.4, 0.5) is 5.69 Å². The summed E-state index contributed by atoms with van der Waals surface area (Å²) in [6.45, 7) is 1.26. The van der Waals surface area contributed by atoms with Gasteiger partial charge in [0.15, 0.2) is 0 Å². The van der Waals surface area contributed by atoms with Gasteiger partial charge in [0, 0.05) is 35.9 Å². The number of nitrogens with one attached hydrogen (secondary N) is 2. The number of nitro benzene ring substituents is 1. The highest BCUT2D eigenvalue weighted by Gasteiger charge is 2.16. The van der Waals surface area contributed by atoms with Gasteiger partial charge in [0.25, 0.3) is 17.5 Å². The van der Waals surface area contributed by atoms with E-state index in [0.29, 0.717) is 29.2 Å². The van der Waals surface area contributed by atoms with Crippen molar-refractivity contribution >= 4 is 23.6 Å². The van der Waals surface area contributed by atoms with Gasteiger partial charge in [0.05, 0.1) is 4.92 Å². The summed E-state index contributed by atoms with van der Waals surface area (Å²) >= 11 is 0. The molecule has 2 aromatic carbocycles. The highest BCUT2D eigenvalue weighted by atomic mass is 16.6. The fraction of sp³-hybridized carbons (Fsp3) is 0.200. The second kappa shape index (κ2) is 11.6. The largest absolute Gasteiger partial charge is 0.457 e. The Balaban J connectivity index is 1.80. The highest BCUT2D eigenvalue weighted by molar-refractivity contribution is 6.05. The maximum Gasteiger partial charge on any atom is 0.269 e. The lowest BCUT2D eigenvalue weighted by Crippen LogP contribution is -2.36. The van der Waals surface area contributed by atoms with Crippen molar-refractivity contribution in [3.05, 3.63) is 93.9 Å². The van der Waals surface area contributed by atoms with E-state index in [2.05, 4.69) is 10.6 Å². The Labute approximate surface area is 197 Å². The van der Waals surface area contributed by atoms with E-state index < -0.39 is 16.7 Å². The number of benzene rings is 2. The molecule has 2 amide bonds. The molecule has 0 saturated carbocycles. The predicted molar refractivity (Wildman–Crippen MR) is 129 cm³/mol. The van der Waals surface area contributed by atoms with Crippen LogP contribution in [-0.2, 0) is 4.79 Å². The summed E-state index contributed by atoms with van der Waals surface area (Å²) in [4.78, 5) is 37.9. The standard InChI is InChI=1S/C25H26N4O5/c1-28(2)16-6-15-26-25(31)22(27-24(30)19-7-4-3-5-8-19)17-21-13-14-23(34-21)18-9-11-20(12-10-18)29(32)33/h3-5,7-14,17H,6,15-16H2,1-2H3,(H,26,31)(H,27,30)/b22-17-. The topological polar surface area (TPSA) is 118 Å². The molecule has 0 unspecified atom stereocenters. The average Bonchev–Trinajstić information content (AvgIpc) is 3.30. The number of hydrogen-bond donors (Lipinski definition) is 2.